The van der Waals surface area contributed by atoms with Crippen molar-refractivity contribution in [2.75, 3.05) is 43.0 Å². The molecule has 0 spiro atoms. The molecule has 0 aliphatic carbocycles. The number of halogens is 4. The predicted molar refractivity (Wildman–Crippen MR) is 130 cm³/mol. The lowest BCUT2D eigenvalue weighted by molar-refractivity contribution is -0.148. The molecule has 0 amide bonds. The van der Waals surface area contributed by atoms with Gasteiger partial charge in [0.1, 0.15) is 23.3 Å². The lowest BCUT2D eigenvalue weighted by atomic mass is 10.0. The Morgan fingerprint density at radius 2 is 1.92 bits per heavy atom. The van der Waals surface area contributed by atoms with Crippen LogP contribution in [0.3, 0.4) is 0 Å². The molecule has 0 radical (unpaired) electrons. The zero-order chi connectivity index (χ0) is 26.0. The number of rotatable bonds is 6. The molecule has 14 heteroatoms. The number of hydrogen-bond acceptors (Lipinski definition) is 9. The fourth-order valence-electron chi connectivity index (χ4n) is 4.42. The van der Waals surface area contributed by atoms with Crippen LogP contribution in [0.25, 0.3) is 10.9 Å². The van der Waals surface area contributed by atoms with Crippen molar-refractivity contribution in [1.29, 1.82) is 5.26 Å². The van der Waals surface area contributed by atoms with Crippen molar-refractivity contribution in [3.8, 4) is 6.07 Å². The minimum absolute atomic E-state index is 0.0388. The van der Waals surface area contributed by atoms with E-state index >= 15 is 0 Å². The lowest BCUT2D eigenvalue weighted by Crippen LogP contribution is -2.42. The second-order valence-corrected chi connectivity index (χ2v) is 8.85. The van der Waals surface area contributed by atoms with E-state index in [4.69, 9.17) is 23.1 Å². The number of nitriles is 1. The number of hydrogen-bond donors (Lipinski definition) is 3. The highest BCUT2D eigenvalue weighted by Crippen LogP contribution is 2.28. The molecule has 190 valence electrons. The smallest absolute Gasteiger partial charge is 0.382 e. The van der Waals surface area contributed by atoms with E-state index in [1.165, 1.54) is 9.47 Å². The molecule has 0 atom stereocenters. The van der Waals surface area contributed by atoms with Gasteiger partial charge in [0.05, 0.1) is 22.5 Å². The molecule has 2 aromatic heterocycles. The van der Waals surface area contributed by atoms with Gasteiger partial charge in [-0.05, 0) is 25.0 Å². The molecular formula is C22H23ClF3N9O. The third-order valence-electron chi connectivity index (χ3n) is 5.98. The van der Waals surface area contributed by atoms with Crippen LogP contribution in [-0.2, 0) is 6.42 Å². The summed E-state index contributed by atoms with van der Waals surface area (Å²) in [4.78, 5) is 27.3. The number of nitrogens with one attached hydrogen (secondary N) is 1. The van der Waals surface area contributed by atoms with Crippen molar-refractivity contribution in [2.45, 2.75) is 31.5 Å². The van der Waals surface area contributed by atoms with Crippen LogP contribution in [0.15, 0.2) is 23.0 Å². The number of piperidine rings is 1. The van der Waals surface area contributed by atoms with Crippen LogP contribution in [0.5, 0.6) is 0 Å². The summed E-state index contributed by atoms with van der Waals surface area (Å²) >= 11 is 6.30. The maximum absolute atomic E-state index is 13.5. The molecule has 1 saturated heterocycles. The fraction of sp³-hybridized carbons (Fsp3) is 0.409. The summed E-state index contributed by atoms with van der Waals surface area (Å²) in [5, 5.41) is 12.9. The first-order chi connectivity index (χ1) is 17.1. The van der Waals surface area contributed by atoms with Crippen LogP contribution in [0.4, 0.5) is 30.8 Å². The SMILES string of the molecule is N#Cc1c(N)nc(N)nc1NCCc1nc2cccc(Cl)c2c(=O)n1C1CCN(CC(F)(F)F)CC1. The molecule has 10 nitrogen and oxygen atoms in total. The lowest BCUT2D eigenvalue weighted by Gasteiger charge is -2.34. The van der Waals surface area contributed by atoms with Gasteiger partial charge in [0, 0.05) is 32.1 Å². The maximum atomic E-state index is 13.5. The van der Waals surface area contributed by atoms with Crippen molar-refractivity contribution in [3.05, 3.63) is 45.0 Å². The molecule has 5 N–H and O–H groups in total. The minimum atomic E-state index is -4.28. The van der Waals surface area contributed by atoms with E-state index in [-0.39, 0.29) is 71.2 Å². The Bertz CT molecular complexity index is 1380. The van der Waals surface area contributed by atoms with Gasteiger partial charge in [0.2, 0.25) is 5.95 Å². The first-order valence-electron chi connectivity index (χ1n) is 11.1. The number of nitrogens with zero attached hydrogens (tertiary/aromatic N) is 6. The van der Waals surface area contributed by atoms with Gasteiger partial charge in [0.25, 0.3) is 5.56 Å². The van der Waals surface area contributed by atoms with Gasteiger partial charge in [-0.3, -0.25) is 14.3 Å². The average Bonchev–Trinajstić information content (AvgIpc) is 2.79. The Morgan fingerprint density at radius 1 is 1.19 bits per heavy atom. The number of benzene rings is 1. The second kappa shape index (κ2) is 10.2. The average molecular weight is 522 g/mol. The summed E-state index contributed by atoms with van der Waals surface area (Å²) in [6.45, 7) is -0.380. The Hall–Kier alpha value is -3.63. The van der Waals surface area contributed by atoms with Gasteiger partial charge in [-0.15, -0.1) is 0 Å². The summed E-state index contributed by atoms with van der Waals surface area (Å²) in [7, 11) is 0. The monoisotopic (exact) mass is 521 g/mol. The van der Waals surface area contributed by atoms with Crippen molar-refractivity contribution in [3.63, 3.8) is 0 Å². The van der Waals surface area contributed by atoms with E-state index in [0.717, 1.165) is 0 Å². The molecule has 1 aliphatic rings. The summed E-state index contributed by atoms with van der Waals surface area (Å²) < 4.78 is 40.0. The van der Waals surface area contributed by atoms with Crippen molar-refractivity contribution in [1.82, 2.24) is 24.4 Å². The van der Waals surface area contributed by atoms with E-state index in [2.05, 4.69) is 20.3 Å². The van der Waals surface area contributed by atoms with Gasteiger partial charge in [0.15, 0.2) is 5.82 Å². The first kappa shape index (κ1) is 25.5. The van der Waals surface area contributed by atoms with Crippen molar-refractivity contribution >= 4 is 40.1 Å². The van der Waals surface area contributed by atoms with E-state index in [9.17, 15) is 23.2 Å². The van der Waals surface area contributed by atoms with E-state index < -0.39 is 12.7 Å². The molecule has 4 rings (SSSR count). The van der Waals surface area contributed by atoms with Gasteiger partial charge in [-0.25, -0.2) is 4.98 Å². The van der Waals surface area contributed by atoms with Crippen molar-refractivity contribution < 1.29 is 13.2 Å². The molecule has 0 bridgehead atoms. The highest BCUT2D eigenvalue weighted by molar-refractivity contribution is 6.35. The first-order valence-corrected chi connectivity index (χ1v) is 11.5. The van der Waals surface area contributed by atoms with Crippen LogP contribution in [0.1, 0.15) is 30.3 Å². The Kier molecular flexibility index (Phi) is 7.18. The topological polar surface area (TPSA) is 152 Å². The van der Waals surface area contributed by atoms with Crippen LogP contribution in [-0.4, -0.2) is 56.8 Å². The number of nitrogens with two attached hydrogens (primary N) is 2. The maximum Gasteiger partial charge on any atom is 0.401 e. The largest absolute Gasteiger partial charge is 0.401 e. The number of aromatic nitrogens is 4. The normalized spacial score (nSPS) is 15.2. The summed E-state index contributed by atoms with van der Waals surface area (Å²) in [6, 6.07) is 6.54. The minimum Gasteiger partial charge on any atom is -0.382 e. The summed E-state index contributed by atoms with van der Waals surface area (Å²) in [5.74, 6) is 0.425. The summed E-state index contributed by atoms with van der Waals surface area (Å²) in [5.41, 5.74) is 11.5. The third kappa shape index (κ3) is 5.44. The van der Waals surface area contributed by atoms with E-state index in [1.54, 1.807) is 18.2 Å². The number of likely N-dealkylation sites (tertiary alicyclic amines) is 1. The second-order valence-electron chi connectivity index (χ2n) is 8.44. The highest BCUT2D eigenvalue weighted by Gasteiger charge is 2.33. The van der Waals surface area contributed by atoms with Crippen LogP contribution in [0, 0.1) is 11.3 Å². The molecular weight excluding hydrogens is 499 g/mol. The van der Waals surface area contributed by atoms with E-state index in [0.29, 0.717) is 24.2 Å². The Labute approximate surface area is 208 Å². The molecule has 36 heavy (non-hydrogen) atoms. The quantitative estimate of drug-likeness (QED) is 0.444. The third-order valence-corrected chi connectivity index (χ3v) is 6.30. The molecule has 1 fully saturated rings. The van der Waals surface area contributed by atoms with Gasteiger partial charge in [-0.1, -0.05) is 17.7 Å². The molecule has 0 unspecified atom stereocenters. The number of nitrogen functional groups attached to an aromatic ring is 2. The molecule has 1 aliphatic heterocycles. The van der Waals surface area contributed by atoms with Crippen LogP contribution in [0.2, 0.25) is 5.02 Å². The number of anilines is 3. The van der Waals surface area contributed by atoms with Crippen LogP contribution < -0.4 is 22.3 Å². The highest BCUT2D eigenvalue weighted by atomic mass is 35.5. The predicted octanol–water partition coefficient (Wildman–Crippen LogP) is 2.73. The molecule has 3 heterocycles. The molecule has 0 saturated carbocycles. The standard InChI is InChI=1S/C22H23ClF3N9O/c23-14-2-1-3-15-17(14)20(36)35(12-5-8-34(9-6-12)11-22(24,25)26)16(31-15)4-7-30-19-13(10-27)18(28)32-21(29)33-19/h1-3,12H,4-9,11H2,(H5,28,29,30,32,33). The van der Waals surface area contributed by atoms with Gasteiger partial charge in [-0.2, -0.15) is 28.4 Å². The zero-order valence-corrected chi connectivity index (χ0v) is 19.8. The molecule has 1 aromatic carbocycles. The van der Waals surface area contributed by atoms with Crippen LogP contribution >= 0.6 is 11.6 Å². The van der Waals surface area contributed by atoms with Crippen molar-refractivity contribution in [2.24, 2.45) is 0 Å². The zero-order valence-electron chi connectivity index (χ0n) is 19.0. The number of fused-ring (bicyclic) bond motifs is 1. The van der Waals surface area contributed by atoms with Gasteiger partial charge >= 0.3 is 6.18 Å². The number of alkyl halides is 3. The fourth-order valence-corrected chi connectivity index (χ4v) is 4.67. The summed E-state index contributed by atoms with van der Waals surface area (Å²) in [6.07, 6.45) is -3.33. The Balaban J connectivity index is 1.63. The molecule has 3 aromatic rings. The van der Waals surface area contributed by atoms with E-state index in [1.807, 2.05) is 6.07 Å². The Morgan fingerprint density at radius 3 is 2.58 bits per heavy atom. The van der Waals surface area contributed by atoms with Gasteiger partial charge < -0.3 is 16.8 Å².